The number of ether oxygens (including phenoxy) is 4. The summed E-state index contributed by atoms with van der Waals surface area (Å²) >= 11 is 0. The molecular formula is C27H33NO7. The molecule has 0 saturated heterocycles. The number of carbonyl (C=O) groups excluding carboxylic acids is 3. The van der Waals surface area contributed by atoms with E-state index in [0.717, 1.165) is 11.1 Å². The summed E-state index contributed by atoms with van der Waals surface area (Å²) in [6.07, 6.45) is -0.321. The van der Waals surface area contributed by atoms with E-state index in [0.29, 0.717) is 18.8 Å². The van der Waals surface area contributed by atoms with Crippen molar-refractivity contribution < 1.29 is 33.3 Å². The SMILES string of the molecule is C=C(CC(=O)Oc1ccc(CC(COCc2ccccc2)NC(=O)OC(C)(C)C)cc1)C(=O)OC. The molecule has 2 aromatic carbocycles. The van der Waals surface area contributed by atoms with Crippen LogP contribution in [0.2, 0.25) is 0 Å². The summed E-state index contributed by atoms with van der Waals surface area (Å²) in [4.78, 5) is 35.7. The zero-order chi connectivity index (χ0) is 25.8. The third-order valence-corrected chi connectivity index (χ3v) is 4.62. The van der Waals surface area contributed by atoms with Gasteiger partial charge in [0.1, 0.15) is 11.4 Å². The highest BCUT2D eigenvalue weighted by Crippen LogP contribution is 2.16. The van der Waals surface area contributed by atoms with Crippen LogP contribution in [0.15, 0.2) is 66.7 Å². The molecule has 0 radical (unpaired) electrons. The van der Waals surface area contributed by atoms with Crippen LogP contribution in [0.4, 0.5) is 4.79 Å². The number of amides is 1. The number of hydrogen-bond donors (Lipinski definition) is 1. The number of hydrogen-bond acceptors (Lipinski definition) is 7. The van der Waals surface area contributed by atoms with E-state index in [1.54, 1.807) is 45.0 Å². The zero-order valence-electron chi connectivity index (χ0n) is 20.7. The molecule has 1 amide bonds. The third-order valence-electron chi connectivity index (χ3n) is 4.62. The number of rotatable bonds is 11. The predicted molar refractivity (Wildman–Crippen MR) is 131 cm³/mol. The van der Waals surface area contributed by atoms with Crippen molar-refractivity contribution >= 4 is 18.0 Å². The minimum absolute atomic E-state index is 0.0145. The van der Waals surface area contributed by atoms with Crippen molar-refractivity contribution in [2.45, 2.75) is 51.9 Å². The van der Waals surface area contributed by atoms with Gasteiger partial charge >= 0.3 is 18.0 Å². The van der Waals surface area contributed by atoms with Crippen LogP contribution in [-0.4, -0.2) is 43.4 Å². The zero-order valence-corrected chi connectivity index (χ0v) is 20.7. The normalized spacial score (nSPS) is 11.8. The second kappa shape index (κ2) is 13.3. The van der Waals surface area contributed by atoms with Gasteiger partial charge in [0, 0.05) is 5.57 Å². The fraction of sp³-hybridized carbons (Fsp3) is 0.370. The predicted octanol–water partition coefficient (Wildman–Crippen LogP) is 4.36. The summed E-state index contributed by atoms with van der Waals surface area (Å²) in [5.74, 6) is -0.948. The molecule has 0 saturated carbocycles. The Hall–Kier alpha value is -3.65. The van der Waals surface area contributed by atoms with Crippen LogP contribution >= 0.6 is 0 Å². The van der Waals surface area contributed by atoms with Crippen LogP contribution < -0.4 is 10.1 Å². The summed E-state index contributed by atoms with van der Waals surface area (Å²) in [7, 11) is 1.22. The molecule has 0 aliphatic heterocycles. The minimum Gasteiger partial charge on any atom is -0.466 e. The van der Waals surface area contributed by atoms with Gasteiger partial charge in [-0.25, -0.2) is 9.59 Å². The van der Waals surface area contributed by atoms with E-state index in [1.165, 1.54) is 7.11 Å². The van der Waals surface area contributed by atoms with Crippen molar-refractivity contribution in [2.75, 3.05) is 13.7 Å². The largest absolute Gasteiger partial charge is 0.466 e. The standard InChI is InChI=1S/C27H33NO7/c1-19(25(30)32-5)15-24(29)34-23-13-11-20(12-14-23)16-22(28-26(31)35-27(2,3)4)18-33-17-21-9-7-6-8-10-21/h6-14,22H,1,15-18H2,2-5H3,(H,28,31). The van der Waals surface area contributed by atoms with Gasteiger partial charge in [0.2, 0.25) is 0 Å². The average Bonchev–Trinajstić information content (AvgIpc) is 2.79. The number of benzene rings is 2. The lowest BCUT2D eigenvalue weighted by Gasteiger charge is -2.24. The van der Waals surface area contributed by atoms with Crippen molar-refractivity contribution in [1.29, 1.82) is 0 Å². The molecule has 0 aliphatic carbocycles. The molecule has 1 N–H and O–H groups in total. The topological polar surface area (TPSA) is 100 Å². The van der Waals surface area contributed by atoms with Gasteiger partial charge in [0.05, 0.1) is 32.8 Å². The Morgan fingerprint density at radius 1 is 0.971 bits per heavy atom. The number of alkyl carbamates (subject to hydrolysis) is 1. The first-order valence-electron chi connectivity index (χ1n) is 11.2. The van der Waals surface area contributed by atoms with Gasteiger partial charge in [0.25, 0.3) is 0 Å². The molecule has 8 heteroatoms. The lowest BCUT2D eigenvalue weighted by atomic mass is 10.1. The second-order valence-corrected chi connectivity index (χ2v) is 8.94. The van der Waals surface area contributed by atoms with Crippen molar-refractivity contribution in [3.05, 3.63) is 77.9 Å². The van der Waals surface area contributed by atoms with E-state index >= 15 is 0 Å². The number of carbonyl (C=O) groups is 3. The minimum atomic E-state index is -0.657. The summed E-state index contributed by atoms with van der Waals surface area (Å²) in [6.45, 7) is 9.60. The first-order valence-corrected chi connectivity index (χ1v) is 11.2. The number of methoxy groups -OCH3 is 1. The lowest BCUT2D eigenvalue weighted by Crippen LogP contribution is -2.42. The summed E-state index contributed by atoms with van der Waals surface area (Å²) in [6, 6.07) is 16.3. The van der Waals surface area contributed by atoms with Gasteiger partial charge in [0.15, 0.2) is 0 Å². The Morgan fingerprint density at radius 3 is 2.23 bits per heavy atom. The van der Waals surface area contributed by atoms with Gasteiger partial charge in [-0.15, -0.1) is 0 Å². The first kappa shape index (κ1) is 27.6. The van der Waals surface area contributed by atoms with Crippen LogP contribution in [0.5, 0.6) is 5.75 Å². The average molecular weight is 484 g/mol. The molecule has 188 valence electrons. The van der Waals surface area contributed by atoms with Crippen LogP contribution in [0, 0.1) is 0 Å². The van der Waals surface area contributed by atoms with Crippen LogP contribution in [-0.2, 0) is 36.8 Å². The van der Waals surface area contributed by atoms with E-state index in [1.807, 2.05) is 30.3 Å². The highest BCUT2D eigenvalue weighted by atomic mass is 16.6. The van der Waals surface area contributed by atoms with Crippen LogP contribution in [0.25, 0.3) is 0 Å². The molecule has 0 fully saturated rings. The molecule has 0 spiro atoms. The number of nitrogens with one attached hydrogen (secondary N) is 1. The lowest BCUT2D eigenvalue weighted by molar-refractivity contribution is -0.139. The van der Waals surface area contributed by atoms with Crippen LogP contribution in [0.3, 0.4) is 0 Å². The highest BCUT2D eigenvalue weighted by Gasteiger charge is 2.20. The Balaban J connectivity index is 1.97. The third kappa shape index (κ3) is 10.9. The van der Waals surface area contributed by atoms with Gasteiger partial charge in [-0.2, -0.15) is 0 Å². The monoisotopic (exact) mass is 483 g/mol. The summed E-state index contributed by atoms with van der Waals surface area (Å²) in [5.41, 5.74) is 1.32. The Kier molecular flexibility index (Phi) is 10.5. The molecule has 2 aromatic rings. The van der Waals surface area contributed by atoms with Crippen molar-refractivity contribution in [3.8, 4) is 5.75 Å². The Morgan fingerprint density at radius 2 is 1.63 bits per heavy atom. The first-order chi connectivity index (χ1) is 16.6. The molecule has 1 atom stereocenters. The van der Waals surface area contributed by atoms with Gasteiger partial charge in [-0.1, -0.05) is 49.0 Å². The molecule has 0 aliphatic rings. The maximum Gasteiger partial charge on any atom is 0.407 e. The fourth-order valence-corrected chi connectivity index (χ4v) is 3.06. The smallest absolute Gasteiger partial charge is 0.407 e. The van der Waals surface area contributed by atoms with Crippen LogP contribution in [0.1, 0.15) is 38.3 Å². The molecule has 0 aromatic heterocycles. The van der Waals surface area contributed by atoms with E-state index in [2.05, 4.69) is 16.6 Å². The Labute approximate surface area is 206 Å². The van der Waals surface area contributed by atoms with Crippen molar-refractivity contribution in [3.63, 3.8) is 0 Å². The second-order valence-electron chi connectivity index (χ2n) is 8.94. The van der Waals surface area contributed by atoms with E-state index in [-0.39, 0.29) is 24.6 Å². The number of esters is 2. The van der Waals surface area contributed by atoms with Gasteiger partial charge < -0.3 is 24.3 Å². The fourth-order valence-electron chi connectivity index (χ4n) is 3.06. The molecule has 1 unspecified atom stereocenters. The van der Waals surface area contributed by atoms with E-state index in [9.17, 15) is 14.4 Å². The van der Waals surface area contributed by atoms with E-state index < -0.39 is 23.6 Å². The molecule has 8 nitrogen and oxygen atoms in total. The van der Waals surface area contributed by atoms with E-state index in [4.69, 9.17) is 14.2 Å². The molecular weight excluding hydrogens is 450 g/mol. The maximum atomic E-state index is 12.3. The maximum absolute atomic E-state index is 12.3. The summed E-state index contributed by atoms with van der Waals surface area (Å²) in [5, 5.41) is 2.87. The molecule has 35 heavy (non-hydrogen) atoms. The summed E-state index contributed by atoms with van der Waals surface area (Å²) < 4.78 is 21.0. The Bertz CT molecular complexity index is 994. The highest BCUT2D eigenvalue weighted by molar-refractivity contribution is 5.93. The van der Waals surface area contributed by atoms with Crippen molar-refractivity contribution in [1.82, 2.24) is 5.32 Å². The van der Waals surface area contributed by atoms with Crippen molar-refractivity contribution in [2.24, 2.45) is 0 Å². The molecule has 0 bridgehead atoms. The molecule has 2 rings (SSSR count). The van der Waals surface area contributed by atoms with Gasteiger partial charge in [-0.05, 0) is 50.5 Å². The van der Waals surface area contributed by atoms with Gasteiger partial charge in [-0.3, -0.25) is 4.79 Å². The quantitative estimate of drug-likeness (QED) is 0.288. The molecule has 0 heterocycles.